The third-order valence-electron chi connectivity index (χ3n) is 11.2. The monoisotopic (exact) mass is 708 g/mol. The molecule has 0 saturated carbocycles. The Morgan fingerprint density at radius 2 is 0.600 bits per heavy atom. The molecule has 1 aliphatic carbocycles. The summed E-state index contributed by atoms with van der Waals surface area (Å²) in [5.74, 6) is 0. The molecule has 0 atom stereocenters. The molecule has 0 aliphatic heterocycles. The number of anilines is 6. The summed E-state index contributed by atoms with van der Waals surface area (Å²) < 4.78 is 0. The van der Waals surface area contributed by atoms with Crippen LogP contribution < -0.4 is 9.80 Å². The molecule has 0 radical (unpaired) electrons. The highest BCUT2D eigenvalue weighted by Gasteiger charge is 2.37. The van der Waals surface area contributed by atoms with Gasteiger partial charge in [-0.05, 0) is 131 Å². The van der Waals surface area contributed by atoms with Gasteiger partial charge in [0.05, 0.1) is 0 Å². The van der Waals surface area contributed by atoms with E-state index < -0.39 is 0 Å². The first-order valence-corrected chi connectivity index (χ1v) is 19.2. The molecule has 0 spiro atoms. The Labute approximate surface area is 325 Å². The van der Waals surface area contributed by atoms with Crippen molar-refractivity contribution in [2.45, 2.75) is 33.1 Å². The average molecular weight is 709 g/mol. The Morgan fingerprint density at radius 1 is 0.309 bits per heavy atom. The van der Waals surface area contributed by atoms with Crippen LogP contribution in [0.25, 0.3) is 33.4 Å². The van der Waals surface area contributed by atoms with E-state index in [0.717, 1.165) is 34.1 Å². The zero-order chi connectivity index (χ0) is 37.5. The van der Waals surface area contributed by atoms with E-state index in [1.807, 2.05) is 0 Å². The van der Waals surface area contributed by atoms with Crippen molar-refractivity contribution in [2.75, 3.05) is 9.80 Å². The van der Waals surface area contributed by atoms with Gasteiger partial charge in [-0.3, -0.25) is 0 Å². The number of hydrogen-bond acceptors (Lipinski definition) is 2. The van der Waals surface area contributed by atoms with Crippen LogP contribution in [0.1, 0.15) is 36.1 Å². The van der Waals surface area contributed by atoms with Gasteiger partial charge in [-0.25, -0.2) is 0 Å². The van der Waals surface area contributed by atoms with E-state index in [9.17, 15) is 0 Å². The van der Waals surface area contributed by atoms with Crippen molar-refractivity contribution in [3.63, 3.8) is 0 Å². The van der Waals surface area contributed by atoms with Crippen molar-refractivity contribution in [3.8, 4) is 33.4 Å². The number of fused-ring (bicyclic) bond motifs is 3. The van der Waals surface area contributed by atoms with Crippen molar-refractivity contribution in [1.29, 1.82) is 0 Å². The molecule has 0 bridgehead atoms. The predicted molar refractivity (Wildman–Crippen MR) is 234 cm³/mol. The Balaban J connectivity index is 1.12. The normalized spacial score (nSPS) is 12.5. The fraction of sp³-hybridized carbons (Fsp3) is 0.0943. The molecule has 266 valence electrons. The Kier molecular flexibility index (Phi) is 8.67. The lowest BCUT2D eigenvalue weighted by molar-refractivity contribution is 0.660. The summed E-state index contributed by atoms with van der Waals surface area (Å²) in [7, 11) is 0. The molecule has 0 aromatic heterocycles. The largest absolute Gasteiger partial charge is 0.310 e. The van der Waals surface area contributed by atoms with Crippen LogP contribution >= 0.6 is 0 Å². The minimum atomic E-state index is -0.219. The third-order valence-corrected chi connectivity index (χ3v) is 11.2. The van der Waals surface area contributed by atoms with Crippen LogP contribution in [-0.4, -0.2) is 0 Å². The molecule has 0 heterocycles. The van der Waals surface area contributed by atoms with Crippen LogP contribution in [0.15, 0.2) is 194 Å². The summed E-state index contributed by atoms with van der Waals surface area (Å²) in [6, 6.07) is 70.9. The average Bonchev–Trinajstić information content (AvgIpc) is 3.45. The fourth-order valence-corrected chi connectivity index (χ4v) is 8.14. The Bertz CT molecular complexity index is 2460. The predicted octanol–water partition coefficient (Wildman–Crippen LogP) is 14.9. The highest BCUT2D eigenvalue weighted by Crippen LogP contribution is 2.52. The maximum Gasteiger partial charge on any atom is 0.0465 e. The van der Waals surface area contributed by atoms with E-state index in [1.54, 1.807) is 0 Å². The van der Waals surface area contributed by atoms with Gasteiger partial charge in [-0.15, -0.1) is 0 Å². The quantitative estimate of drug-likeness (QED) is 0.155. The molecule has 55 heavy (non-hydrogen) atoms. The molecule has 2 heteroatoms. The molecular formula is C53H44N2. The van der Waals surface area contributed by atoms with E-state index in [2.05, 4.69) is 232 Å². The van der Waals surface area contributed by atoms with Crippen molar-refractivity contribution in [2.24, 2.45) is 0 Å². The summed E-state index contributed by atoms with van der Waals surface area (Å²) in [6.45, 7) is 9.04. The summed E-state index contributed by atoms with van der Waals surface area (Å²) in [6.07, 6.45) is 0. The van der Waals surface area contributed by atoms with Gasteiger partial charge in [0.1, 0.15) is 0 Å². The molecule has 8 aromatic rings. The highest BCUT2D eigenvalue weighted by molar-refractivity contribution is 5.89. The molecule has 0 amide bonds. The number of nitrogens with zero attached hydrogens (tertiary/aromatic N) is 2. The molecular weight excluding hydrogens is 665 g/mol. The second-order valence-corrected chi connectivity index (χ2v) is 15.3. The molecule has 0 N–H and O–H groups in total. The minimum absolute atomic E-state index is 0.219. The zero-order valence-corrected chi connectivity index (χ0v) is 31.9. The van der Waals surface area contributed by atoms with Crippen LogP contribution in [0.5, 0.6) is 0 Å². The van der Waals surface area contributed by atoms with Gasteiger partial charge in [-0.2, -0.15) is 0 Å². The fourth-order valence-electron chi connectivity index (χ4n) is 8.14. The number of aryl methyl sites for hydroxylation is 2. The first-order valence-electron chi connectivity index (χ1n) is 19.2. The van der Waals surface area contributed by atoms with E-state index in [0.29, 0.717) is 0 Å². The van der Waals surface area contributed by atoms with Crippen molar-refractivity contribution >= 4 is 34.1 Å². The topological polar surface area (TPSA) is 6.48 Å². The lowest BCUT2D eigenvalue weighted by Crippen LogP contribution is -2.17. The van der Waals surface area contributed by atoms with Gasteiger partial charge in [0.15, 0.2) is 0 Å². The molecule has 9 rings (SSSR count). The SMILES string of the molecule is Cc1ccc(N(c2ccc(C)cc2)c2ccc3c(c2)C(C)(C)c2cc(N(c4ccc(-c5ccccc5)cc4)c4ccc(-c5ccccc5)cc4)ccc2-3)cc1. The second kappa shape index (κ2) is 14.0. The molecule has 1 aliphatic rings. The van der Waals surface area contributed by atoms with E-state index in [1.165, 1.54) is 55.6 Å². The maximum absolute atomic E-state index is 2.42. The molecule has 0 unspecified atom stereocenters. The van der Waals surface area contributed by atoms with Crippen LogP contribution in [-0.2, 0) is 5.41 Å². The zero-order valence-electron chi connectivity index (χ0n) is 31.9. The standard InChI is InChI=1S/C53H44N2/c1-37-15-23-43(24-16-37)54(44-25-17-38(2)18-26-44)47-31-33-49-50-34-32-48(36-52(50)53(3,4)51(49)35-47)55(45-27-19-41(20-28-45)39-11-7-5-8-12-39)46-29-21-42(22-30-46)40-13-9-6-10-14-40/h5-36H,1-4H3. The molecule has 2 nitrogen and oxygen atoms in total. The van der Waals surface area contributed by atoms with E-state index in [-0.39, 0.29) is 5.41 Å². The number of hydrogen-bond donors (Lipinski definition) is 0. The first kappa shape index (κ1) is 34.1. The molecule has 0 fully saturated rings. The van der Waals surface area contributed by atoms with Crippen LogP contribution in [0.3, 0.4) is 0 Å². The lowest BCUT2D eigenvalue weighted by Gasteiger charge is -2.29. The smallest absolute Gasteiger partial charge is 0.0465 e. The van der Waals surface area contributed by atoms with E-state index in [4.69, 9.17) is 0 Å². The Hall–Kier alpha value is -6.64. The first-order chi connectivity index (χ1) is 26.8. The summed E-state index contributed by atoms with van der Waals surface area (Å²) >= 11 is 0. The highest BCUT2D eigenvalue weighted by atomic mass is 15.1. The van der Waals surface area contributed by atoms with E-state index >= 15 is 0 Å². The maximum atomic E-state index is 2.42. The minimum Gasteiger partial charge on any atom is -0.310 e. The van der Waals surface area contributed by atoms with Gasteiger partial charge in [0, 0.05) is 39.5 Å². The van der Waals surface area contributed by atoms with Gasteiger partial charge < -0.3 is 9.80 Å². The number of rotatable bonds is 8. The van der Waals surface area contributed by atoms with Crippen LogP contribution in [0, 0.1) is 13.8 Å². The van der Waals surface area contributed by atoms with Gasteiger partial charge in [0.25, 0.3) is 0 Å². The molecule has 8 aromatic carbocycles. The molecule has 0 saturated heterocycles. The lowest BCUT2D eigenvalue weighted by atomic mass is 9.82. The summed E-state index contributed by atoms with van der Waals surface area (Å²) in [4.78, 5) is 4.77. The summed E-state index contributed by atoms with van der Waals surface area (Å²) in [5, 5.41) is 0. The van der Waals surface area contributed by atoms with Crippen molar-refractivity contribution in [1.82, 2.24) is 0 Å². The Morgan fingerprint density at radius 3 is 0.945 bits per heavy atom. The van der Waals surface area contributed by atoms with Crippen LogP contribution in [0.4, 0.5) is 34.1 Å². The van der Waals surface area contributed by atoms with Gasteiger partial charge in [-0.1, -0.05) is 146 Å². The van der Waals surface area contributed by atoms with Gasteiger partial charge in [0.2, 0.25) is 0 Å². The van der Waals surface area contributed by atoms with Crippen LogP contribution in [0.2, 0.25) is 0 Å². The van der Waals surface area contributed by atoms with Crippen molar-refractivity contribution in [3.05, 3.63) is 216 Å². The summed E-state index contributed by atoms with van der Waals surface area (Å²) in [5.41, 5.74) is 19.2. The van der Waals surface area contributed by atoms with Crippen molar-refractivity contribution < 1.29 is 0 Å². The number of benzene rings is 8. The van der Waals surface area contributed by atoms with Gasteiger partial charge >= 0.3 is 0 Å². The second-order valence-electron chi connectivity index (χ2n) is 15.3. The third kappa shape index (κ3) is 6.40.